The minimum absolute atomic E-state index is 0. The maximum atomic E-state index is 12.7. The Labute approximate surface area is 193 Å². The molecule has 7 heteroatoms. The standard InChI is InChI=1S/C23H17ClN2O2S.BrH/c1-28-20-13-7-16(8-14-20)21-15-29-23(25-22(27)17-5-3-2-4-6-17)26(21)19-11-9-18(24)10-12-19;/h2-15H,1H3;1H/p-1. The van der Waals surface area contributed by atoms with E-state index in [9.17, 15) is 4.79 Å². The molecule has 152 valence electrons. The third-order valence-electron chi connectivity index (χ3n) is 4.40. The van der Waals surface area contributed by atoms with Crippen molar-refractivity contribution in [2.24, 2.45) is 4.99 Å². The molecule has 1 heterocycles. The Kier molecular flexibility index (Phi) is 7.26. The van der Waals surface area contributed by atoms with E-state index >= 15 is 0 Å². The fraction of sp³-hybridized carbons (Fsp3) is 0.0435. The number of carbonyl (C=O) groups excluding carboxylic acids is 1. The molecule has 0 aliphatic carbocycles. The number of nitrogens with zero attached hydrogens (tertiary/aromatic N) is 2. The molecule has 1 aromatic heterocycles. The zero-order valence-corrected chi connectivity index (χ0v) is 19.1. The molecule has 0 aliphatic heterocycles. The number of aromatic nitrogens is 1. The summed E-state index contributed by atoms with van der Waals surface area (Å²) in [5.41, 5.74) is 3.35. The number of thiazole rings is 1. The first-order valence-corrected chi connectivity index (χ1v) is 10.2. The predicted octanol–water partition coefficient (Wildman–Crippen LogP) is 2.61. The summed E-state index contributed by atoms with van der Waals surface area (Å²) in [5.74, 6) is 0.502. The van der Waals surface area contributed by atoms with Gasteiger partial charge in [0.2, 0.25) is 0 Å². The Hall–Kier alpha value is -2.67. The van der Waals surface area contributed by atoms with Gasteiger partial charge in [0.15, 0.2) is 4.80 Å². The average Bonchev–Trinajstić information content (AvgIpc) is 3.18. The smallest absolute Gasteiger partial charge is 0.279 e. The van der Waals surface area contributed by atoms with E-state index in [4.69, 9.17) is 16.3 Å². The van der Waals surface area contributed by atoms with Crippen LogP contribution < -0.4 is 26.5 Å². The van der Waals surface area contributed by atoms with Crippen molar-refractivity contribution in [3.63, 3.8) is 0 Å². The number of rotatable bonds is 4. The van der Waals surface area contributed by atoms with Crippen molar-refractivity contribution >= 4 is 28.8 Å². The highest BCUT2D eigenvalue weighted by atomic mass is 79.9. The Bertz CT molecular complexity index is 1200. The van der Waals surface area contributed by atoms with Gasteiger partial charge in [0.25, 0.3) is 5.91 Å². The molecule has 3 aromatic carbocycles. The van der Waals surface area contributed by atoms with Crippen LogP contribution in [-0.2, 0) is 0 Å². The fourth-order valence-corrected chi connectivity index (χ4v) is 3.95. The molecule has 0 saturated carbocycles. The van der Waals surface area contributed by atoms with Crippen molar-refractivity contribution in [3.05, 3.63) is 99.6 Å². The molecule has 30 heavy (non-hydrogen) atoms. The maximum Gasteiger partial charge on any atom is 0.279 e. The van der Waals surface area contributed by atoms with Crippen molar-refractivity contribution in [2.75, 3.05) is 7.11 Å². The molecule has 0 radical (unpaired) electrons. The lowest BCUT2D eigenvalue weighted by atomic mass is 10.1. The van der Waals surface area contributed by atoms with Gasteiger partial charge < -0.3 is 21.7 Å². The van der Waals surface area contributed by atoms with Crippen molar-refractivity contribution in [1.29, 1.82) is 0 Å². The van der Waals surface area contributed by atoms with E-state index in [0.717, 1.165) is 22.7 Å². The first-order valence-electron chi connectivity index (χ1n) is 8.91. The van der Waals surface area contributed by atoms with Crippen LogP contribution in [0.25, 0.3) is 16.9 Å². The van der Waals surface area contributed by atoms with Gasteiger partial charge in [0.1, 0.15) is 5.75 Å². The van der Waals surface area contributed by atoms with Crippen LogP contribution in [0.2, 0.25) is 5.02 Å². The molecule has 0 unspecified atom stereocenters. The second-order valence-electron chi connectivity index (χ2n) is 6.23. The molecule has 0 aliphatic rings. The minimum atomic E-state index is -0.281. The monoisotopic (exact) mass is 499 g/mol. The number of amides is 1. The highest BCUT2D eigenvalue weighted by molar-refractivity contribution is 7.07. The average molecular weight is 501 g/mol. The molecule has 0 atom stereocenters. The van der Waals surface area contributed by atoms with Gasteiger partial charge in [0, 0.05) is 21.7 Å². The summed E-state index contributed by atoms with van der Waals surface area (Å²) in [6.45, 7) is 0. The van der Waals surface area contributed by atoms with Crippen LogP contribution >= 0.6 is 22.9 Å². The van der Waals surface area contributed by atoms with Crippen LogP contribution in [0.5, 0.6) is 5.75 Å². The van der Waals surface area contributed by atoms with E-state index in [0.29, 0.717) is 15.4 Å². The number of hydrogen-bond acceptors (Lipinski definition) is 3. The van der Waals surface area contributed by atoms with E-state index in [-0.39, 0.29) is 22.9 Å². The molecule has 0 spiro atoms. The maximum absolute atomic E-state index is 12.7. The zero-order chi connectivity index (χ0) is 20.2. The number of hydrogen-bond donors (Lipinski definition) is 0. The van der Waals surface area contributed by atoms with Crippen LogP contribution in [0, 0.1) is 0 Å². The summed E-state index contributed by atoms with van der Waals surface area (Å²) in [5, 5.41) is 2.64. The zero-order valence-electron chi connectivity index (χ0n) is 16.0. The highest BCUT2D eigenvalue weighted by Crippen LogP contribution is 2.26. The lowest BCUT2D eigenvalue weighted by Gasteiger charge is -2.10. The number of carbonyl (C=O) groups is 1. The first kappa shape index (κ1) is 22.0. The van der Waals surface area contributed by atoms with Gasteiger partial charge in [-0.3, -0.25) is 9.36 Å². The highest BCUT2D eigenvalue weighted by Gasteiger charge is 2.12. The molecule has 4 rings (SSSR count). The number of methoxy groups -OCH3 is 1. The normalized spacial score (nSPS) is 11.1. The molecular weight excluding hydrogens is 484 g/mol. The Balaban J connectivity index is 0.00000256. The third-order valence-corrected chi connectivity index (χ3v) is 5.47. The van der Waals surface area contributed by atoms with Crippen molar-refractivity contribution in [2.45, 2.75) is 0 Å². The molecule has 1 amide bonds. The molecule has 4 aromatic rings. The van der Waals surface area contributed by atoms with E-state index in [1.54, 1.807) is 19.2 Å². The van der Waals surface area contributed by atoms with Crippen LogP contribution in [0.3, 0.4) is 0 Å². The second-order valence-corrected chi connectivity index (χ2v) is 7.50. The molecule has 0 N–H and O–H groups in total. The summed E-state index contributed by atoms with van der Waals surface area (Å²) in [4.78, 5) is 17.7. The summed E-state index contributed by atoms with van der Waals surface area (Å²) in [6, 6.07) is 24.3. The topological polar surface area (TPSA) is 43.6 Å². The van der Waals surface area contributed by atoms with E-state index < -0.39 is 0 Å². The van der Waals surface area contributed by atoms with E-state index in [2.05, 4.69) is 4.99 Å². The Morgan fingerprint density at radius 2 is 1.63 bits per heavy atom. The van der Waals surface area contributed by atoms with Gasteiger partial charge >= 0.3 is 0 Å². The van der Waals surface area contributed by atoms with Crippen molar-refractivity contribution in [3.8, 4) is 22.7 Å². The van der Waals surface area contributed by atoms with Crippen LogP contribution in [0.15, 0.2) is 89.2 Å². The summed E-state index contributed by atoms with van der Waals surface area (Å²) in [6.07, 6.45) is 0. The Morgan fingerprint density at radius 3 is 2.27 bits per heavy atom. The van der Waals surface area contributed by atoms with Crippen LogP contribution in [0.4, 0.5) is 0 Å². The van der Waals surface area contributed by atoms with Gasteiger partial charge in [-0.15, -0.1) is 11.3 Å². The van der Waals surface area contributed by atoms with E-state index in [1.165, 1.54) is 11.3 Å². The number of benzene rings is 3. The molecule has 0 bridgehead atoms. The van der Waals surface area contributed by atoms with Crippen LogP contribution in [-0.4, -0.2) is 17.6 Å². The van der Waals surface area contributed by atoms with Gasteiger partial charge in [-0.05, 0) is 66.2 Å². The second kappa shape index (κ2) is 9.89. The Morgan fingerprint density at radius 1 is 0.967 bits per heavy atom. The van der Waals surface area contributed by atoms with E-state index in [1.807, 2.05) is 76.7 Å². The van der Waals surface area contributed by atoms with Crippen molar-refractivity contribution in [1.82, 2.24) is 4.57 Å². The molecule has 0 saturated heterocycles. The third kappa shape index (κ3) is 4.73. The van der Waals surface area contributed by atoms with Crippen LogP contribution in [0.1, 0.15) is 10.4 Å². The number of halogens is 2. The predicted molar refractivity (Wildman–Crippen MR) is 117 cm³/mol. The molecule has 4 nitrogen and oxygen atoms in total. The van der Waals surface area contributed by atoms with Gasteiger partial charge in [-0.25, -0.2) is 0 Å². The minimum Gasteiger partial charge on any atom is -1.00 e. The summed E-state index contributed by atoms with van der Waals surface area (Å²) < 4.78 is 7.22. The lowest BCUT2D eigenvalue weighted by Crippen LogP contribution is -3.00. The SMILES string of the molecule is COc1ccc(-c2csc(=NC(=O)c3ccccc3)n2-c2ccc(Cl)cc2)cc1.[Br-]. The fourth-order valence-electron chi connectivity index (χ4n) is 2.92. The molecular formula is C23H17BrClN2O2S-. The molecule has 0 fully saturated rings. The van der Waals surface area contributed by atoms with Gasteiger partial charge in [-0.1, -0.05) is 29.8 Å². The first-order chi connectivity index (χ1) is 14.2. The van der Waals surface area contributed by atoms with Crippen molar-refractivity contribution < 1.29 is 26.5 Å². The largest absolute Gasteiger partial charge is 1.00 e. The summed E-state index contributed by atoms with van der Waals surface area (Å²) >= 11 is 7.48. The van der Waals surface area contributed by atoms with Gasteiger partial charge in [0.05, 0.1) is 12.8 Å². The number of ether oxygens (including phenoxy) is 1. The summed E-state index contributed by atoms with van der Waals surface area (Å²) in [7, 11) is 1.64. The quantitative estimate of drug-likeness (QED) is 0.432. The lowest BCUT2D eigenvalue weighted by molar-refractivity contribution is -0.0000139. The van der Waals surface area contributed by atoms with Gasteiger partial charge in [-0.2, -0.15) is 4.99 Å².